The fourth-order valence-corrected chi connectivity index (χ4v) is 2.81. The van der Waals surface area contributed by atoms with Gasteiger partial charge in [-0.1, -0.05) is 29.8 Å². The molecule has 0 fully saturated rings. The molecule has 0 amide bonds. The molecule has 2 aromatic rings. The first-order chi connectivity index (χ1) is 12.2. The number of nitrogens with one attached hydrogen (secondary N) is 2. The normalized spacial score (nSPS) is 13.3. The summed E-state index contributed by atoms with van der Waals surface area (Å²) in [6, 6.07) is 10.5. The Bertz CT molecular complexity index is 789. The van der Waals surface area contributed by atoms with Gasteiger partial charge in [0.25, 0.3) is 0 Å². The van der Waals surface area contributed by atoms with Gasteiger partial charge in [-0.3, -0.25) is 4.99 Å². The van der Waals surface area contributed by atoms with E-state index in [1.165, 1.54) is 12.1 Å². The van der Waals surface area contributed by atoms with Crippen LogP contribution >= 0.6 is 35.6 Å². The fraction of sp³-hybridized carbons (Fsp3) is 0.278. The highest BCUT2D eigenvalue weighted by Gasteiger charge is 2.17. The average Bonchev–Trinajstić information content (AvgIpc) is 2.62. The van der Waals surface area contributed by atoms with Gasteiger partial charge < -0.3 is 20.1 Å². The van der Waals surface area contributed by atoms with Crippen LogP contribution in [0.2, 0.25) is 5.02 Å². The number of halogens is 3. The molecule has 3 rings (SSSR count). The second-order valence-corrected chi connectivity index (χ2v) is 5.94. The van der Waals surface area contributed by atoms with Gasteiger partial charge >= 0.3 is 0 Å². The molecule has 0 atom stereocenters. The number of ether oxygens (including phenoxy) is 2. The lowest BCUT2D eigenvalue weighted by Crippen LogP contribution is -2.36. The highest BCUT2D eigenvalue weighted by molar-refractivity contribution is 14.0. The number of benzene rings is 2. The zero-order chi connectivity index (χ0) is 17.6. The standard InChI is InChI=1S/C18H19ClFN3O2.HI/c1-21-18(22-8-12-4-2-3-5-16(12)19)23-9-13-6-15(20)7-14-10-24-11-25-17(13)14;/h2-7H,8-11H2,1H3,(H2,21,22,23);1H. The summed E-state index contributed by atoms with van der Waals surface area (Å²) >= 11 is 6.15. The Labute approximate surface area is 174 Å². The van der Waals surface area contributed by atoms with Crippen molar-refractivity contribution < 1.29 is 13.9 Å². The Morgan fingerprint density at radius 1 is 1.19 bits per heavy atom. The lowest BCUT2D eigenvalue weighted by molar-refractivity contribution is -0.0172. The van der Waals surface area contributed by atoms with Crippen LogP contribution in [0.4, 0.5) is 4.39 Å². The fourth-order valence-electron chi connectivity index (χ4n) is 2.61. The number of rotatable bonds is 4. The summed E-state index contributed by atoms with van der Waals surface area (Å²) in [6.45, 7) is 1.43. The Kier molecular flexibility index (Phi) is 7.92. The van der Waals surface area contributed by atoms with E-state index in [1.807, 2.05) is 24.3 Å². The molecule has 8 heteroatoms. The maximum atomic E-state index is 13.8. The van der Waals surface area contributed by atoms with Crippen LogP contribution in [0.5, 0.6) is 5.75 Å². The molecule has 0 aliphatic carbocycles. The first-order valence-electron chi connectivity index (χ1n) is 7.87. The molecule has 140 valence electrons. The molecule has 5 nitrogen and oxygen atoms in total. The smallest absolute Gasteiger partial charge is 0.191 e. The van der Waals surface area contributed by atoms with Crippen molar-refractivity contribution in [2.75, 3.05) is 13.8 Å². The van der Waals surface area contributed by atoms with Gasteiger partial charge in [0.2, 0.25) is 0 Å². The molecule has 0 saturated carbocycles. The van der Waals surface area contributed by atoms with Gasteiger partial charge in [0, 0.05) is 36.3 Å². The number of nitrogens with zero attached hydrogens (tertiary/aromatic N) is 1. The molecule has 1 aliphatic heterocycles. The van der Waals surface area contributed by atoms with E-state index in [1.54, 1.807) is 7.05 Å². The zero-order valence-electron chi connectivity index (χ0n) is 14.2. The monoisotopic (exact) mass is 491 g/mol. The predicted octanol–water partition coefficient (Wildman–Crippen LogP) is 3.83. The van der Waals surface area contributed by atoms with Crippen molar-refractivity contribution in [1.82, 2.24) is 10.6 Å². The summed E-state index contributed by atoms with van der Waals surface area (Å²) in [5, 5.41) is 7.04. The second-order valence-electron chi connectivity index (χ2n) is 5.53. The molecule has 2 aromatic carbocycles. The molecule has 0 bridgehead atoms. The van der Waals surface area contributed by atoms with Crippen LogP contribution in [-0.2, 0) is 24.4 Å². The Morgan fingerprint density at radius 2 is 1.92 bits per heavy atom. The van der Waals surface area contributed by atoms with Crippen LogP contribution < -0.4 is 15.4 Å². The molecule has 1 heterocycles. The van der Waals surface area contributed by atoms with Crippen molar-refractivity contribution in [3.63, 3.8) is 0 Å². The quantitative estimate of drug-likeness (QED) is 0.388. The highest BCUT2D eigenvalue weighted by Crippen LogP contribution is 2.29. The Balaban J connectivity index is 0.00000243. The Morgan fingerprint density at radius 3 is 2.65 bits per heavy atom. The highest BCUT2D eigenvalue weighted by atomic mass is 127. The van der Waals surface area contributed by atoms with E-state index in [9.17, 15) is 4.39 Å². The minimum Gasteiger partial charge on any atom is -0.467 e. The topological polar surface area (TPSA) is 54.9 Å². The summed E-state index contributed by atoms with van der Waals surface area (Å²) in [7, 11) is 1.67. The van der Waals surface area contributed by atoms with Crippen LogP contribution in [0.1, 0.15) is 16.7 Å². The first-order valence-corrected chi connectivity index (χ1v) is 8.25. The average molecular weight is 492 g/mol. The van der Waals surface area contributed by atoms with Crippen molar-refractivity contribution in [3.8, 4) is 5.75 Å². The number of fused-ring (bicyclic) bond motifs is 1. The molecular formula is C18H20ClFIN3O2. The van der Waals surface area contributed by atoms with E-state index in [2.05, 4.69) is 15.6 Å². The zero-order valence-corrected chi connectivity index (χ0v) is 17.3. The molecule has 0 unspecified atom stereocenters. The molecule has 0 saturated heterocycles. The van der Waals surface area contributed by atoms with Crippen LogP contribution in [0.15, 0.2) is 41.4 Å². The molecule has 1 aliphatic rings. The molecule has 0 aromatic heterocycles. The summed E-state index contributed by atoms with van der Waals surface area (Å²) in [5.74, 6) is 0.940. The maximum absolute atomic E-state index is 13.8. The third kappa shape index (κ3) is 5.21. The van der Waals surface area contributed by atoms with Crippen LogP contribution in [0.3, 0.4) is 0 Å². The van der Waals surface area contributed by atoms with Crippen molar-refractivity contribution in [2.24, 2.45) is 4.99 Å². The number of hydrogen-bond donors (Lipinski definition) is 2. The van der Waals surface area contributed by atoms with Crippen LogP contribution in [-0.4, -0.2) is 19.8 Å². The number of guanidine groups is 1. The first kappa shape index (κ1) is 20.7. The Hall–Kier alpha value is -1.58. The largest absolute Gasteiger partial charge is 0.467 e. The summed E-state index contributed by atoms with van der Waals surface area (Å²) in [5.41, 5.74) is 2.40. The number of hydrogen-bond acceptors (Lipinski definition) is 3. The molecule has 0 spiro atoms. The molecule has 0 radical (unpaired) electrons. The predicted molar refractivity (Wildman–Crippen MR) is 111 cm³/mol. The lowest BCUT2D eigenvalue weighted by atomic mass is 10.1. The maximum Gasteiger partial charge on any atom is 0.191 e. The van der Waals surface area contributed by atoms with Gasteiger partial charge in [-0.2, -0.15) is 0 Å². The van der Waals surface area contributed by atoms with E-state index in [0.717, 1.165) is 11.1 Å². The van der Waals surface area contributed by atoms with Gasteiger partial charge in [-0.25, -0.2) is 4.39 Å². The lowest BCUT2D eigenvalue weighted by Gasteiger charge is -2.21. The van der Waals surface area contributed by atoms with Gasteiger partial charge in [0.15, 0.2) is 12.8 Å². The van der Waals surface area contributed by atoms with E-state index >= 15 is 0 Å². The van der Waals surface area contributed by atoms with E-state index in [4.69, 9.17) is 21.1 Å². The SMILES string of the molecule is CN=C(NCc1ccccc1Cl)NCc1cc(F)cc2c1OCOC2.I. The van der Waals surface area contributed by atoms with Crippen molar-refractivity contribution in [1.29, 1.82) is 0 Å². The number of aliphatic imine (C=N–C) groups is 1. The van der Waals surface area contributed by atoms with Crippen molar-refractivity contribution in [3.05, 3.63) is 63.9 Å². The summed E-state index contributed by atoms with van der Waals surface area (Å²) in [4.78, 5) is 4.17. The van der Waals surface area contributed by atoms with E-state index in [0.29, 0.717) is 42.0 Å². The summed E-state index contributed by atoms with van der Waals surface area (Å²) in [6.07, 6.45) is 0. The second kappa shape index (κ2) is 9.94. The summed E-state index contributed by atoms with van der Waals surface area (Å²) < 4.78 is 24.5. The molecule has 26 heavy (non-hydrogen) atoms. The van der Waals surface area contributed by atoms with Crippen LogP contribution in [0.25, 0.3) is 0 Å². The third-order valence-corrected chi connectivity index (χ3v) is 4.19. The van der Waals surface area contributed by atoms with Gasteiger partial charge in [0.1, 0.15) is 11.6 Å². The van der Waals surface area contributed by atoms with Crippen LogP contribution in [0, 0.1) is 5.82 Å². The van der Waals surface area contributed by atoms with E-state index < -0.39 is 0 Å². The van der Waals surface area contributed by atoms with E-state index in [-0.39, 0.29) is 36.6 Å². The van der Waals surface area contributed by atoms with Gasteiger partial charge in [-0.15, -0.1) is 24.0 Å². The molecule has 2 N–H and O–H groups in total. The molecular weight excluding hydrogens is 472 g/mol. The minimum atomic E-state index is -0.316. The minimum absolute atomic E-state index is 0. The van der Waals surface area contributed by atoms with Gasteiger partial charge in [-0.05, 0) is 23.8 Å². The van der Waals surface area contributed by atoms with Gasteiger partial charge in [0.05, 0.1) is 6.61 Å². The van der Waals surface area contributed by atoms with Crippen molar-refractivity contribution >= 4 is 41.5 Å². The van der Waals surface area contributed by atoms with Crippen molar-refractivity contribution in [2.45, 2.75) is 19.7 Å². The third-order valence-electron chi connectivity index (χ3n) is 3.83.